The number of alkyl halides is 1. The van der Waals surface area contributed by atoms with Crippen LogP contribution in [0.4, 0.5) is 0 Å². The summed E-state index contributed by atoms with van der Waals surface area (Å²) in [4.78, 5) is 32.7. The zero-order chi connectivity index (χ0) is 20.0. The number of carbonyl (C=O) groups is 2. The number of carbonyl (C=O) groups excluding carboxylic acids is 2. The average Bonchev–Trinajstić information content (AvgIpc) is 3.02. The predicted molar refractivity (Wildman–Crippen MR) is 108 cm³/mol. The first kappa shape index (κ1) is 18.4. The fourth-order valence-electron chi connectivity index (χ4n) is 4.70. The Bertz CT molecular complexity index is 976. The van der Waals surface area contributed by atoms with E-state index in [0.717, 1.165) is 17.5 Å². The first-order valence-corrected chi connectivity index (χ1v) is 10.4. The van der Waals surface area contributed by atoms with Gasteiger partial charge in [0.2, 0.25) is 0 Å². The minimum Gasteiger partial charge on any atom is -0.483 e. The molecular weight excluding hydrogens is 388 g/mol. The predicted octanol–water partition coefficient (Wildman–Crippen LogP) is 3.79. The van der Waals surface area contributed by atoms with Crippen LogP contribution >= 0.6 is 11.6 Å². The largest absolute Gasteiger partial charge is 0.483 e. The number of rotatable bonds is 3. The Labute approximate surface area is 174 Å². The number of amides is 1. The second-order valence-electron chi connectivity index (χ2n) is 7.88. The van der Waals surface area contributed by atoms with Crippen LogP contribution in [0.2, 0.25) is 0 Å². The molecule has 0 N–H and O–H groups in total. The molecule has 1 saturated carbocycles. The van der Waals surface area contributed by atoms with E-state index < -0.39 is 6.04 Å². The van der Waals surface area contributed by atoms with E-state index in [0.29, 0.717) is 25.0 Å². The van der Waals surface area contributed by atoms with Crippen LogP contribution in [-0.2, 0) is 20.9 Å². The number of hydrogen-bond donors (Lipinski definition) is 0. The van der Waals surface area contributed by atoms with Crippen LogP contribution in [0.25, 0.3) is 0 Å². The average molecular weight is 409 g/mol. The van der Waals surface area contributed by atoms with E-state index in [1.807, 2.05) is 42.5 Å². The highest BCUT2D eigenvalue weighted by Gasteiger charge is 2.52. The number of ether oxygens (including phenoxy) is 1. The van der Waals surface area contributed by atoms with Gasteiger partial charge in [0, 0.05) is 24.3 Å². The molecule has 1 aromatic carbocycles. The third-order valence-corrected chi connectivity index (χ3v) is 6.49. The van der Waals surface area contributed by atoms with Gasteiger partial charge in [0.15, 0.2) is 11.5 Å². The molecule has 29 heavy (non-hydrogen) atoms. The normalized spacial score (nSPS) is 28.8. The molecule has 0 bridgehead atoms. The minimum atomic E-state index is -0.468. The van der Waals surface area contributed by atoms with Crippen molar-refractivity contribution in [2.45, 2.75) is 43.3 Å². The lowest BCUT2D eigenvalue weighted by atomic mass is 9.77. The van der Waals surface area contributed by atoms with Crippen LogP contribution in [0.5, 0.6) is 0 Å². The molecule has 3 aliphatic rings. The topological polar surface area (TPSA) is 59.5 Å². The molecule has 4 atom stereocenters. The maximum Gasteiger partial charge on any atom is 0.290 e. The number of fused-ring (bicyclic) bond motifs is 1. The third kappa shape index (κ3) is 3.14. The van der Waals surface area contributed by atoms with Crippen molar-refractivity contribution in [2.75, 3.05) is 0 Å². The monoisotopic (exact) mass is 408 g/mol. The molecular formula is C23H21ClN2O3. The molecule has 0 saturated heterocycles. The van der Waals surface area contributed by atoms with Crippen molar-refractivity contribution < 1.29 is 14.3 Å². The maximum absolute atomic E-state index is 13.5. The molecule has 0 radical (unpaired) electrons. The van der Waals surface area contributed by atoms with E-state index in [1.54, 1.807) is 17.3 Å². The quantitative estimate of drug-likeness (QED) is 0.725. The van der Waals surface area contributed by atoms with Crippen molar-refractivity contribution in [2.24, 2.45) is 5.92 Å². The van der Waals surface area contributed by atoms with Crippen molar-refractivity contribution >= 4 is 23.3 Å². The summed E-state index contributed by atoms with van der Waals surface area (Å²) in [6.07, 6.45) is 5.21. The van der Waals surface area contributed by atoms with Gasteiger partial charge in [-0.15, -0.1) is 11.6 Å². The molecule has 5 nitrogen and oxygen atoms in total. The lowest BCUT2D eigenvalue weighted by molar-refractivity contribution is -0.135. The molecule has 6 heteroatoms. The SMILES string of the molecule is O=C1C2=C(OC3CCC(Cl)CC13)C(=O)N(Cc1ccccc1)C2c1ccncc1. The van der Waals surface area contributed by atoms with Gasteiger partial charge in [-0.05, 0) is 42.5 Å². The highest BCUT2D eigenvalue weighted by atomic mass is 35.5. The van der Waals surface area contributed by atoms with Crippen LogP contribution in [0, 0.1) is 5.92 Å². The van der Waals surface area contributed by atoms with Crippen LogP contribution in [0.1, 0.15) is 36.4 Å². The van der Waals surface area contributed by atoms with Gasteiger partial charge in [0.1, 0.15) is 6.10 Å². The molecule has 1 aliphatic carbocycles. The molecule has 1 aromatic heterocycles. The van der Waals surface area contributed by atoms with Crippen LogP contribution in [0.3, 0.4) is 0 Å². The molecule has 4 unspecified atom stereocenters. The molecule has 2 aliphatic heterocycles. The zero-order valence-corrected chi connectivity index (χ0v) is 16.6. The van der Waals surface area contributed by atoms with Gasteiger partial charge in [0.25, 0.3) is 5.91 Å². The number of hydrogen-bond acceptors (Lipinski definition) is 4. The van der Waals surface area contributed by atoms with E-state index >= 15 is 0 Å². The Morgan fingerprint density at radius 3 is 2.59 bits per heavy atom. The van der Waals surface area contributed by atoms with Gasteiger partial charge in [-0.2, -0.15) is 0 Å². The fraction of sp³-hybridized carbons (Fsp3) is 0.348. The van der Waals surface area contributed by atoms with Crippen molar-refractivity contribution in [3.63, 3.8) is 0 Å². The molecule has 2 aromatic rings. The second-order valence-corrected chi connectivity index (χ2v) is 8.50. The second kappa shape index (κ2) is 7.30. The van der Waals surface area contributed by atoms with Crippen molar-refractivity contribution in [3.8, 4) is 0 Å². The fourth-order valence-corrected chi connectivity index (χ4v) is 5.02. The number of halogens is 1. The Morgan fingerprint density at radius 2 is 1.83 bits per heavy atom. The number of pyridine rings is 1. The van der Waals surface area contributed by atoms with Gasteiger partial charge < -0.3 is 9.64 Å². The first-order valence-electron chi connectivity index (χ1n) is 9.97. The summed E-state index contributed by atoms with van der Waals surface area (Å²) in [6.45, 7) is 0.407. The van der Waals surface area contributed by atoms with Crippen LogP contribution in [0.15, 0.2) is 66.2 Å². The molecule has 1 fully saturated rings. The summed E-state index contributed by atoms with van der Waals surface area (Å²) in [5.41, 5.74) is 2.34. The molecule has 148 valence electrons. The Hall–Kier alpha value is -2.66. The van der Waals surface area contributed by atoms with E-state index in [-0.39, 0.29) is 34.8 Å². The summed E-state index contributed by atoms with van der Waals surface area (Å²) < 4.78 is 6.16. The molecule has 3 heterocycles. The van der Waals surface area contributed by atoms with E-state index in [4.69, 9.17) is 16.3 Å². The van der Waals surface area contributed by atoms with Crippen molar-refractivity contribution in [1.82, 2.24) is 9.88 Å². The molecule has 1 amide bonds. The number of nitrogens with zero attached hydrogens (tertiary/aromatic N) is 2. The van der Waals surface area contributed by atoms with Gasteiger partial charge in [-0.3, -0.25) is 14.6 Å². The lowest BCUT2D eigenvalue weighted by Crippen LogP contribution is -2.41. The number of benzene rings is 1. The van der Waals surface area contributed by atoms with Crippen LogP contribution < -0.4 is 0 Å². The number of aromatic nitrogens is 1. The summed E-state index contributed by atoms with van der Waals surface area (Å²) in [7, 11) is 0. The summed E-state index contributed by atoms with van der Waals surface area (Å²) in [5, 5.41) is -0.0251. The molecule has 5 rings (SSSR count). The highest BCUT2D eigenvalue weighted by Crippen LogP contribution is 2.47. The smallest absolute Gasteiger partial charge is 0.290 e. The van der Waals surface area contributed by atoms with E-state index in [1.165, 1.54) is 0 Å². The Kier molecular flexibility index (Phi) is 4.63. The number of ketones is 1. The Morgan fingerprint density at radius 1 is 1.07 bits per heavy atom. The number of Topliss-reactive ketones (excluding diaryl/α,β-unsaturated/α-hetero) is 1. The first-order chi connectivity index (χ1) is 14.1. The molecule has 0 spiro atoms. The summed E-state index contributed by atoms with van der Waals surface area (Å²) in [5.74, 6) is -0.265. The van der Waals surface area contributed by atoms with Gasteiger partial charge in [-0.25, -0.2) is 0 Å². The maximum atomic E-state index is 13.5. The van der Waals surface area contributed by atoms with Gasteiger partial charge in [0.05, 0.1) is 17.5 Å². The minimum absolute atomic E-state index is 0.00678. The van der Waals surface area contributed by atoms with Gasteiger partial charge in [-0.1, -0.05) is 30.3 Å². The van der Waals surface area contributed by atoms with Crippen molar-refractivity contribution in [3.05, 3.63) is 77.3 Å². The zero-order valence-electron chi connectivity index (χ0n) is 15.8. The lowest BCUT2D eigenvalue weighted by Gasteiger charge is -2.37. The van der Waals surface area contributed by atoms with Gasteiger partial charge >= 0.3 is 0 Å². The summed E-state index contributed by atoms with van der Waals surface area (Å²) in [6, 6.07) is 13.0. The van der Waals surface area contributed by atoms with Crippen LogP contribution in [-0.4, -0.2) is 33.1 Å². The Balaban J connectivity index is 1.57. The standard InChI is InChI=1S/C23H21ClN2O3/c24-16-6-7-18-17(12-16)21(27)19-20(15-8-10-25-11-9-15)26(23(28)22(19)29-18)13-14-4-2-1-3-5-14/h1-5,8-11,16-18,20H,6-7,12-13H2. The van der Waals surface area contributed by atoms with Crippen molar-refractivity contribution in [1.29, 1.82) is 0 Å². The summed E-state index contributed by atoms with van der Waals surface area (Å²) >= 11 is 6.35. The third-order valence-electron chi connectivity index (χ3n) is 6.10. The highest BCUT2D eigenvalue weighted by molar-refractivity contribution is 6.21. The van der Waals surface area contributed by atoms with E-state index in [9.17, 15) is 9.59 Å². The van der Waals surface area contributed by atoms with E-state index in [2.05, 4.69) is 4.98 Å².